The molecule has 0 aromatic carbocycles. The number of nitrogens with one attached hydrogen (secondary N) is 3. The van der Waals surface area contributed by atoms with Gasteiger partial charge in [0.1, 0.15) is 0 Å². The highest BCUT2D eigenvalue weighted by Gasteiger charge is 2.54. The first-order valence-corrected chi connectivity index (χ1v) is 20.4. The minimum atomic E-state index is 0.537. The molecule has 8 aliphatic rings. The lowest BCUT2D eigenvalue weighted by atomic mass is 9.64. The highest BCUT2D eigenvalue weighted by molar-refractivity contribution is 5.07. The van der Waals surface area contributed by atoms with Gasteiger partial charge in [0.25, 0.3) is 0 Å². The summed E-state index contributed by atoms with van der Waals surface area (Å²) in [6, 6.07) is 2.85. The van der Waals surface area contributed by atoms with Crippen LogP contribution >= 0.6 is 0 Å². The Morgan fingerprint density at radius 1 is 0.326 bits per heavy atom. The Morgan fingerprint density at radius 2 is 0.814 bits per heavy atom. The molecule has 0 bridgehead atoms. The predicted molar refractivity (Wildman–Crippen MR) is 178 cm³/mol. The SMILES string of the molecule is C1CCC(C2NC(C3CCCCC3)NC(C3CCCC(C4CCC5C(C4)C4CCCCC4N5C4CCCCC4)C3)N2)CC1. The number of hydrogen-bond acceptors (Lipinski definition) is 4. The maximum Gasteiger partial charge on any atom is 0.0624 e. The van der Waals surface area contributed by atoms with Gasteiger partial charge >= 0.3 is 0 Å². The average Bonchev–Trinajstić information content (AvgIpc) is 3.43. The summed E-state index contributed by atoms with van der Waals surface area (Å²) >= 11 is 0. The quantitative estimate of drug-likeness (QED) is 0.299. The summed E-state index contributed by atoms with van der Waals surface area (Å²) in [5.74, 6) is 6.61. The monoisotopic (exact) mass is 593 g/mol. The van der Waals surface area contributed by atoms with Gasteiger partial charge < -0.3 is 0 Å². The van der Waals surface area contributed by atoms with Crippen molar-refractivity contribution in [2.75, 3.05) is 0 Å². The molecule has 8 rings (SSSR count). The minimum Gasteiger partial charge on any atom is -0.294 e. The summed E-state index contributed by atoms with van der Waals surface area (Å²) in [7, 11) is 0. The maximum absolute atomic E-state index is 4.27. The lowest BCUT2D eigenvalue weighted by Gasteiger charge is -2.50. The fourth-order valence-corrected chi connectivity index (χ4v) is 13.1. The minimum absolute atomic E-state index is 0.537. The first kappa shape index (κ1) is 30.2. The van der Waals surface area contributed by atoms with E-state index < -0.39 is 0 Å². The van der Waals surface area contributed by atoms with E-state index in [1.54, 1.807) is 19.3 Å². The Morgan fingerprint density at radius 3 is 1.49 bits per heavy atom. The highest BCUT2D eigenvalue weighted by atomic mass is 15.4. The van der Waals surface area contributed by atoms with Crippen LogP contribution in [0, 0.1) is 41.4 Å². The number of rotatable bonds is 5. The second-order valence-electron chi connectivity index (χ2n) is 17.5. The van der Waals surface area contributed by atoms with Gasteiger partial charge in [0.15, 0.2) is 0 Å². The Hall–Kier alpha value is -0.160. The van der Waals surface area contributed by atoms with E-state index in [9.17, 15) is 0 Å². The molecule has 4 nitrogen and oxygen atoms in total. The van der Waals surface area contributed by atoms with E-state index >= 15 is 0 Å². The lowest BCUT2D eigenvalue weighted by Crippen LogP contribution is -2.72. The van der Waals surface area contributed by atoms with Crippen molar-refractivity contribution >= 4 is 0 Å². The van der Waals surface area contributed by atoms with Crippen molar-refractivity contribution in [3.8, 4) is 0 Å². The first-order chi connectivity index (χ1) is 21.3. The molecule has 244 valence electrons. The van der Waals surface area contributed by atoms with Crippen molar-refractivity contribution in [3.63, 3.8) is 0 Å². The second kappa shape index (κ2) is 13.9. The van der Waals surface area contributed by atoms with Crippen LogP contribution in [0.25, 0.3) is 0 Å². The van der Waals surface area contributed by atoms with Crippen molar-refractivity contribution in [2.24, 2.45) is 41.4 Å². The van der Waals surface area contributed by atoms with E-state index in [1.807, 2.05) is 0 Å². The van der Waals surface area contributed by atoms with Gasteiger partial charge in [-0.25, -0.2) is 0 Å². The van der Waals surface area contributed by atoms with Crippen LogP contribution in [0.5, 0.6) is 0 Å². The molecule has 0 aromatic rings. The van der Waals surface area contributed by atoms with Gasteiger partial charge in [-0.05, 0) is 125 Å². The number of hydrogen-bond donors (Lipinski definition) is 3. The van der Waals surface area contributed by atoms with Gasteiger partial charge in [-0.2, -0.15) is 0 Å². The molecule has 9 atom stereocenters. The molecule has 3 N–H and O–H groups in total. The molecule has 2 heterocycles. The van der Waals surface area contributed by atoms with Crippen molar-refractivity contribution in [1.82, 2.24) is 20.9 Å². The van der Waals surface area contributed by atoms with E-state index in [0.717, 1.165) is 59.6 Å². The zero-order valence-corrected chi connectivity index (χ0v) is 27.8. The topological polar surface area (TPSA) is 39.3 Å². The summed E-state index contributed by atoms with van der Waals surface area (Å²) < 4.78 is 0. The molecule has 6 aliphatic carbocycles. The zero-order chi connectivity index (χ0) is 28.6. The largest absolute Gasteiger partial charge is 0.294 e. The average molecular weight is 593 g/mol. The third-order valence-electron chi connectivity index (χ3n) is 15.2. The van der Waals surface area contributed by atoms with Gasteiger partial charge in [-0.3, -0.25) is 20.9 Å². The molecule has 6 saturated carbocycles. The normalized spacial score (nSPS) is 46.3. The number of nitrogens with zero attached hydrogens (tertiary/aromatic N) is 1. The summed E-state index contributed by atoms with van der Waals surface area (Å²) in [6.45, 7) is 0. The Kier molecular flexibility index (Phi) is 9.76. The Balaban J connectivity index is 0.945. The number of likely N-dealkylation sites (tertiary alicyclic amines) is 1. The van der Waals surface area contributed by atoms with Gasteiger partial charge in [-0.15, -0.1) is 0 Å². The molecule has 0 radical (unpaired) electrons. The maximum atomic E-state index is 4.27. The second-order valence-corrected chi connectivity index (χ2v) is 17.5. The Bertz CT molecular complexity index is 848. The van der Waals surface area contributed by atoms with E-state index in [4.69, 9.17) is 0 Å². The molecular formula is C39H68N4. The summed E-state index contributed by atoms with van der Waals surface area (Å²) in [6.07, 6.45) is 40.4. The standard InChI is InChI=1S/C39H68N4/c1-4-13-27(14-5-1)37-40-38(28-15-6-2-7-16-28)42-39(41-37)31-18-12-17-29(25-31)30-23-24-36-34(26-30)33-21-10-11-22-35(33)43(36)32-19-8-3-9-20-32/h27-42H,1-26H2. The summed E-state index contributed by atoms with van der Waals surface area (Å²) in [4.78, 5) is 3.23. The van der Waals surface area contributed by atoms with Gasteiger partial charge in [0.05, 0.1) is 18.5 Å². The molecule has 43 heavy (non-hydrogen) atoms. The van der Waals surface area contributed by atoms with Crippen LogP contribution in [0.4, 0.5) is 0 Å². The third-order valence-corrected chi connectivity index (χ3v) is 15.2. The van der Waals surface area contributed by atoms with Crippen LogP contribution in [-0.2, 0) is 0 Å². The van der Waals surface area contributed by atoms with E-state index in [1.165, 1.54) is 148 Å². The molecule has 0 aromatic heterocycles. The third kappa shape index (κ3) is 6.40. The van der Waals surface area contributed by atoms with E-state index in [-0.39, 0.29) is 0 Å². The van der Waals surface area contributed by atoms with Crippen LogP contribution in [0.2, 0.25) is 0 Å². The first-order valence-electron chi connectivity index (χ1n) is 20.4. The van der Waals surface area contributed by atoms with Crippen molar-refractivity contribution in [1.29, 1.82) is 0 Å². The van der Waals surface area contributed by atoms with Gasteiger partial charge in [-0.1, -0.05) is 83.5 Å². The molecule has 9 unspecified atom stereocenters. The molecule has 2 aliphatic heterocycles. The van der Waals surface area contributed by atoms with E-state index in [0.29, 0.717) is 18.5 Å². The van der Waals surface area contributed by atoms with Crippen LogP contribution in [0.15, 0.2) is 0 Å². The van der Waals surface area contributed by atoms with Crippen LogP contribution in [0.1, 0.15) is 167 Å². The summed E-state index contributed by atoms with van der Waals surface area (Å²) in [5, 5.41) is 12.7. The molecule has 8 fully saturated rings. The zero-order valence-electron chi connectivity index (χ0n) is 27.8. The predicted octanol–water partition coefficient (Wildman–Crippen LogP) is 8.71. The molecule has 4 heteroatoms. The van der Waals surface area contributed by atoms with Crippen LogP contribution < -0.4 is 16.0 Å². The fourth-order valence-electron chi connectivity index (χ4n) is 13.1. The fraction of sp³-hybridized carbons (Fsp3) is 1.00. The molecule has 2 saturated heterocycles. The number of fused-ring (bicyclic) bond motifs is 3. The van der Waals surface area contributed by atoms with Crippen LogP contribution in [-0.4, -0.2) is 41.5 Å². The van der Waals surface area contributed by atoms with Gasteiger partial charge in [0.2, 0.25) is 0 Å². The van der Waals surface area contributed by atoms with E-state index in [2.05, 4.69) is 20.9 Å². The van der Waals surface area contributed by atoms with Crippen molar-refractivity contribution < 1.29 is 0 Å². The highest BCUT2D eigenvalue weighted by Crippen LogP contribution is 2.54. The smallest absolute Gasteiger partial charge is 0.0624 e. The van der Waals surface area contributed by atoms with Crippen molar-refractivity contribution in [3.05, 3.63) is 0 Å². The van der Waals surface area contributed by atoms with Crippen molar-refractivity contribution in [2.45, 2.75) is 204 Å². The lowest BCUT2D eigenvalue weighted by molar-refractivity contribution is 0.0293. The summed E-state index contributed by atoms with van der Waals surface area (Å²) in [5.41, 5.74) is 0. The van der Waals surface area contributed by atoms with Gasteiger partial charge in [0, 0.05) is 18.1 Å². The van der Waals surface area contributed by atoms with Crippen LogP contribution in [0.3, 0.4) is 0 Å². The molecule has 0 amide bonds. The molecular weight excluding hydrogens is 524 g/mol. The Labute approximate surface area is 265 Å². The molecule has 0 spiro atoms.